The highest BCUT2D eigenvalue weighted by atomic mass is 32.1. The standard InChI is InChI=1S/C17H27N3O2S/c1-13(2)15(19-6-8-22-9-7-19)11-18-17(21)20-5-3-16-14(12-20)4-10-23-16/h4,10,13,15H,3,5-9,11-12H2,1-2H3,(H,18,21)/t15-/m1/s1. The van der Waals surface area contributed by atoms with E-state index in [0.29, 0.717) is 18.5 Å². The van der Waals surface area contributed by atoms with E-state index >= 15 is 0 Å². The van der Waals surface area contributed by atoms with Crippen LogP contribution in [0.15, 0.2) is 11.4 Å². The number of ether oxygens (including phenoxy) is 1. The van der Waals surface area contributed by atoms with Gasteiger partial charge in [0.15, 0.2) is 0 Å². The second-order valence-electron chi connectivity index (χ2n) is 6.69. The molecule has 2 aliphatic rings. The monoisotopic (exact) mass is 337 g/mol. The van der Waals surface area contributed by atoms with Gasteiger partial charge < -0.3 is 15.0 Å². The molecular weight excluding hydrogens is 310 g/mol. The summed E-state index contributed by atoms with van der Waals surface area (Å²) in [6.07, 6.45) is 0.984. The van der Waals surface area contributed by atoms with Crippen LogP contribution in [0.1, 0.15) is 24.3 Å². The van der Waals surface area contributed by atoms with Gasteiger partial charge in [0.2, 0.25) is 0 Å². The predicted octanol–water partition coefficient (Wildman–Crippen LogP) is 2.17. The summed E-state index contributed by atoms with van der Waals surface area (Å²) >= 11 is 1.80. The molecule has 2 aliphatic heterocycles. The zero-order valence-electron chi connectivity index (χ0n) is 14.1. The fourth-order valence-electron chi connectivity index (χ4n) is 3.42. The second kappa shape index (κ2) is 7.64. The SMILES string of the molecule is CC(C)[C@@H](CNC(=O)N1CCc2sccc2C1)N1CCOCC1. The smallest absolute Gasteiger partial charge is 0.317 e. The number of nitrogens with zero attached hydrogens (tertiary/aromatic N) is 2. The largest absolute Gasteiger partial charge is 0.379 e. The fourth-order valence-corrected chi connectivity index (χ4v) is 4.31. The van der Waals surface area contributed by atoms with Crippen molar-refractivity contribution in [3.8, 4) is 0 Å². The Labute approximate surface area is 142 Å². The van der Waals surface area contributed by atoms with Gasteiger partial charge in [-0.05, 0) is 29.3 Å². The number of carbonyl (C=O) groups excluding carboxylic acids is 1. The lowest BCUT2D eigenvalue weighted by Gasteiger charge is -2.37. The Hall–Kier alpha value is -1.11. The van der Waals surface area contributed by atoms with E-state index in [4.69, 9.17) is 4.74 Å². The molecule has 1 saturated heterocycles. The Kier molecular flexibility index (Phi) is 5.56. The van der Waals surface area contributed by atoms with E-state index in [2.05, 4.69) is 35.5 Å². The van der Waals surface area contributed by atoms with Gasteiger partial charge in [0.25, 0.3) is 0 Å². The van der Waals surface area contributed by atoms with Crippen LogP contribution in [0.2, 0.25) is 0 Å². The van der Waals surface area contributed by atoms with Crippen molar-refractivity contribution >= 4 is 17.4 Å². The van der Waals surface area contributed by atoms with E-state index in [1.807, 2.05) is 4.90 Å². The number of morpholine rings is 1. The molecule has 0 unspecified atom stereocenters. The molecule has 2 amide bonds. The van der Waals surface area contributed by atoms with E-state index in [0.717, 1.165) is 45.8 Å². The molecule has 0 radical (unpaired) electrons. The highest BCUT2D eigenvalue weighted by Crippen LogP contribution is 2.24. The number of amides is 2. The molecule has 1 aromatic heterocycles. The molecule has 1 aromatic rings. The van der Waals surface area contributed by atoms with Crippen molar-refractivity contribution in [2.45, 2.75) is 32.9 Å². The Morgan fingerprint density at radius 2 is 2.13 bits per heavy atom. The maximum absolute atomic E-state index is 12.5. The van der Waals surface area contributed by atoms with E-state index < -0.39 is 0 Å². The van der Waals surface area contributed by atoms with Crippen molar-refractivity contribution < 1.29 is 9.53 Å². The molecule has 128 valence electrons. The summed E-state index contributed by atoms with van der Waals surface area (Å²) in [5.74, 6) is 0.512. The van der Waals surface area contributed by atoms with E-state index in [9.17, 15) is 4.79 Å². The first-order valence-electron chi connectivity index (χ1n) is 8.55. The highest BCUT2D eigenvalue weighted by Gasteiger charge is 2.26. The Morgan fingerprint density at radius 3 is 2.87 bits per heavy atom. The van der Waals surface area contributed by atoms with Crippen LogP contribution in [0, 0.1) is 5.92 Å². The molecule has 1 fully saturated rings. The van der Waals surface area contributed by atoms with Gasteiger partial charge in [0.1, 0.15) is 0 Å². The Bertz CT molecular complexity index is 526. The van der Waals surface area contributed by atoms with Crippen LogP contribution in [0.25, 0.3) is 0 Å². The van der Waals surface area contributed by atoms with Gasteiger partial charge in [-0.15, -0.1) is 11.3 Å². The van der Waals surface area contributed by atoms with Crippen LogP contribution < -0.4 is 5.32 Å². The molecule has 3 rings (SSSR count). The zero-order chi connectivity index (χ0) is 16.2. The number of carbonyl (C=O) groups is 1. The minimum absolute atomic E-state index is 0.0701. The number of hydrogen-bond donors (Lipinski definition) is 1. The van der Waals surface area contributed by atoms with Crippen LogP contribution in [0.4, 0.5) is 4.79 Å². The molecule has 23 heavy (non-hydrogen) atoms. The zero-order valence-corrected chi connectivity index (χ0v) is 14.9. The van der Waals surface area contributed by atoms with Crippen molar-refractivity contribution in [2.24, 2.45) is 5.92 Å². The minimum atomic E-state index is 0.0701. The maximum atomic E-state index is 12.5. The third kappa shape index (κ3) is 4.05. The summed E-state index contributed by atoms with van der Waals surface area (Å²) in [6.45, 7) is 10.2. The van der Waals surface area contributed by atoms with Gasteiger partial charge >= 0.3 is 6.03 Å². The summed E-state index contributed by atoms with van der Waals surface area (Å²) < 4.78 is 5.44. The van der Waals surface area contributed by atoms with Crippen LogP contribution in [-0.4, -0.2) is 61.3 Å². The van der Waals surface area contributed by atoms with Gasteiger partial charge in [0.05, 0.1) is 13.2 Å². The van der Waals surface area contributed by atoms with Crippen molar-refractivity contribution in [3.63, 3.8) is 0 Å². The minimum Gasteiger partial charge on any atom is -0.379 e. The number of fused-ring (bicyclic) bond motifs is 1. The molecule has 0 aliphatic carbocycles. The first-order valence-corrected chi connectivity index (χ1v) is 9.43. The summed E-state index contributed by atoms with van der Waals surface area (Å²) in [5.41, 5.74) is 1.31. The molecular formula is C17H27N3O2S. The number of rotatable bonds is 4. The lowest BCUT2D eigenvalue weighted by atomic mass is 10.0. The number of urea groups is 1. The maximum Gasteiger partial charge on any atom is 0.317 e. The van der Waals surface area contributed by atoms with Gasteiger partial charge in [-0.3, -0.25) is 4.90 Å². The average molecular weight is 337 g/mol. The number of thiophene rings is 1. The second-order valence-corrected chi connectivity index (χ2v) is 7.69. The molecule has 1 N–H and O–H groups in total. The van der Waals surface area contributed by atoms with Crippen LogP contribution in [-0.2, 0) is 17.7 Å². The Balaban J connectivity index is 1.53. The lowest BCUT2D eigenvalue weighted by Crippen LogP contribution is -2.53. The normalized spacial score (nSPS) is 20.4. The summed E-state index contributed by atoms with van der Waals surface area (Å²) in [4.78, 5) is 18.3. The summed E-state index contributed by atoms with van der Waals surface area (Å²) in [5, 5.41) is 5.29. The van der Waals surface area contributed by atoms with Crippen molar-refractivity contribution in [1.82, 2.24) is 15.1 Å². The van der Waals surface area contributed by atoms with Gasteiger partial charge in [0, 0.05) is 43.6 Å². The molecule has 0 aromatic carbocycles. The van der Waals surface area contributed by atoms with Crippen molar-refractivity contribution in [2.75, 3.05) is 39.4 Å². The van der Waals surface area contributed by atoms with Crippen molar-refractivity contribution in [1.29, 1.82) is 0 Å². The summed E-state index contributed by atoms with van der Waals surface area (Å²) in [7, 11) is 0. The fraction of sp³-hybridized carbons (Fsp3) is 0.706. The van der Waals surface area contributed by atoms with E-state index in [1.165, 1.54) is 10.4 Å². The highest BCUT2D eigenvalue weighted by molar-refractivity contribution is 7.10. The number of nitrogens with one attached hydrogen (secondary N) is 1. The van der Waals surface area contributed by atoms with E-state index in [1.54, 1.807) is 11.3 Å². The van der Waals surface area contributed by atoms with Crippen molar-refractivity contribution in [3.05, 3.63) is 21.9 Å². The molecule has 5 nitrogen and oxygen atoms in total. The van der Waals surface area contributed by atoms with E-state index in [-0.39, 0.29) is 6.03 Å². The predicted molar refractivity (Wildman–Crippen MR) is 92.8 cm³/mol. The molecule has 0 spiro atoms. The van der Waals surface area contributed by atoms with Gasteiger partial charge in [-0.2, -0.15) is 0 Å². The van der Waals surface area contributed by atoms with Gasteiger partial charge in [-0.25, -0.2) is 4.79 Å². The first kappa shape index (κ1) is 16.7. The third-order valence-corrected chi connectivity index (χ3v) is 5.86. The topological polar surface area (TPSA) is 44.8 Å². The Morgan fingerprint density at radius 1 is 1.35 bits per heavy atom. The molecule has 0 saturated carbocycles. The molecule has 0 bridgehead atoms. The molecule has 6 heteroatoms. The lowest BCUT2D eigenvalue weighted by molar-refractivity contribution is 0.00691. The molecule has 1 atom stereocenters. The quantitative estimate of drug-likeness (QED) is 0.916. The molecule has 3 heterocycles. The number of hydrogen-bond acceptors (Lipinski definition) is 4. The average Bonchev–Trinajstić information content (AvgIpc) is 3.03. The van der Waals surface area contributed by atoms with Gasteiger partial charge in [-0.1, -0.05) is 13.8 Å². The summed E-state index contributed by atoms with van der Waals surface area (Å²) in [6, 6.07) is 2.59. The van der Waals surface area contributed by atoms with Crippen LogP contribution in [0.3, 0.4) is 0 Å². The van der Waals surface area contributed by atoms with Crippen LogP contribution in [0.5, 0.6) is 0 Å². The first-order chi connectivity index (χ1) is 11.1. The van der Waals surface area contributed by atoms with Crippen LogP contribution >= 0.6 is 11.3 Å². The third-order valence-electron chi connectivity index (χ3n) is 4.84.